The second-order valence-electron chi connectivity index (χ2n) is 13.0. The van der Waals surface area contributed by atoms with Crippen molar-refractivity contribution in [2.24, 2.45) is 22.7 Å². The van der Waals surface area contributed by atoms with Crippen molar-refractivity contribution in [3.05, 3.63) is 48.2 Å². The number of carbonyl (C=O) groups is 3. The molecule has 1 unspecified atom stereocenters. The largest absolute Gasteiger partial charge is 0.464 e. The predicted molar refractivity (Wildman–Crippen MR) is 151 cm³/mol. The lowest BCUT2D eigenvalue weighted by molar-refractivity contribution is -0.155. The lowest BCUT2D eigenvalue weighted by Gasteiger charge is -2.40. The Bertz CT molecular complexity index is 1030. The lowest BCUT2D eigenvalue weighted by Crippen LogP contribution is -2.58. The SMILES string of the molecule is C=C(N[C@H](C(=O)N1C[C@@H]2CCC[C@@H]2C1C(=O)OCC)C(C)(C)C)[C@@H](NC(=O)OCc1ccccc1)C(C)(C)C. The van der Waals surface area contributed by atoms with Crippen LogP contribution in [0, 0.1) is 22.7 Å². The van der Waals surface area contributed by atoms with Gasteiger partial charge in [-0.15, -0.1) is 0 Å². The number of carbonyl (C=O) groups excluding carboxylic acids is 3. The maximum atomic E-state index is 14.1. The number of hydrogen-bond donors (Lipinski definition) is 2. The Morgan fingerprint density at radius 1 is 0.974 bits per heavy atom. The molecule has 216 valence electrons. The number of nitrogens with zero attached hydrogens (tertiary/aromatic N) is 1. The first-order valence-electron chi connectivity index (χ1n) is 14.1. The average molecular weight is 542 g/mol. The van der Waals surface area contributed by atoms with Gasteiger partial charge in [0.25, 0.3) is 0 Å². The van der Waals surface area contributed by atoms with E-state index in [9.17, 15) is 14.4 Å². The van der Waals surface area contributed by atoms with E-state index in [1.165, 1.54) is 0 Å². The number of ether oxygens (including phenoxy) is 2. The van der Waals surface area contributed by atoms with Gasteiger partial charge in [0.2, 0.25) is 5.91 Å². The topological polar surface area (TPSA) is 97.0 Å². The zero-order valence-corrected chi connectivity index (χ0v) is 24.7. The van der Waals surface area contributed by atoms with E-state index >= 15 is 0 Å². The van der Waals surface area contributed by atoms with Gasteiger partial charge in [-0.25, -0.2) is 9.59 Å². The fraction of sp³-hybridized carbons (Fsp3) is 0.645. The first-order chi connectivity index (χ1) is 18.2. The van der Waals surface area contributed by atoms with Crippen molar-refractivity contribution in [2.45, 2.75) is 92.5 Å². The molecule has 5 atom stereocenters. The summed E-state index contributed by atoms with van der Waals surface area (Å²) in [6.07, 6.45) is 2.46. The van der Waals surface area contributed by atoms with E-state index in [1.54, 1.807) is 11.8 Å². The number of nitrogens with one attached hydrogen (secondary N) is 2. The maximum absolute atomic E-state index is 14.1. The van der Waals surface area contributed by atoms with E-state index in [2.05, 4.69) is 17.2 Å². The Morgan fingerprint density at radius 2 is 1.62 bits per heavy atom. The van der Waals surface area contributed by atoms with Gasteiger partial charge in [-0.05, 0) is 48.0 Å². The fourth-order valence-electron chi connectivity index (χ4n) is 5.85. The molecule has 2 N–H and O–H groups in total. The van der Waals surface area contributed by atoms with Crippen LogP contribution in [-0.4, -0.2) is 54.1 Å². The molecule has 8 heteroatoms. The van der Waals surface area contributed by atoms with Crippen molar-refractivity contribution in [2.75, 3.05) is 13.2 Å². The summed E-state index contributed by atoms with van der Waals surface area (Å²) in [5.41, 5.74) is 0.494. The Labute approximate surface area is 233 Å². The van der Waals surface area contributed by atoms with Crippen LogP contribution in [0.5, 0.6) is 0 Å². The Hall–Kier alpha value is -3.03. The number of benzene rings is 1. The van der Waals surface area contributed by atoms with E-state index in [4.69, 9.17) is 9.47 Å². The van der Waals surface area contributed by atoms with Crippen LogP contribution in [0.25, 0.3) is 0 Å². The molecule has 3 rings (SSSR count). The summed E-state index contributed by atoms with van der Waals surface area (Å²) in [5, 5.41) is 6.31. The van der Waals surface area contributed by atoms with Gasteiger partial charge in [-0.2, -0.15) is 0 Å². The van der Waals surface area contributed by atoms with Crippen LogP contribution in [0.4, 0.5) is 4.79 Å². The molecule has 2 amide bonds. The van der Waals surface area contributed by atoms with Crippen molar-refractivity contribution in [1.82, 2.24) is 15.5 Å². The molecule has 1 aromatic carbocycles. The van der Waals surface area contributed by atoms with Crippen LogP contribution in [0.15, 0.2) is 42.6 Å². The number of rotatable bonds is 9. The zero-order chi connectivity index (χ0) is 29.0. The minimum atomic E-state index is -0.659. The standard InChI is InChI=1S/C31H47N3O5/c1-9-38-28(36)24-23-17-13-16-22(23)18-34(24)27(35)26(31(6,7)8)32-20(2)25(30(3,4)5)33-29(37)39-19-21-14-11-10-12-15-21/h10-12,14-15,22-26,32H,2,9,13,16-19H2,1,3-8H3,(H,33,37)/t22-,23-,24?,25+,26+/m0/s1. The number of amides is 2. The van der Waals surface area contributed by atoms with E-state index in [-0.39, 0.29) is 31.0 Å². The summed E-state index contributed by atoms with van der Waals surface area (Å²) in [6, 6.07) is 7.74. The van der Waals surface area contributed by atoms with E-state index < -0.39 is 35.0 Å². The van der Waals surface area contributed by atoms with Crippen LogP contribution >= 0.6 is 0 Å². The number of likely N-dealkylation sites (tertiary alicyclic amines) is 1. The van der Waals surface area contributed by atoms with Gasteiger partial charge in [0.05, 0.1) is 12.6 Å². The minimum Gasteiger partial charge on any atom is -0.464 e. The quantitative estimate of drug-likeness (QED) is 0.426. The summed E-state index contributed by atoms with van der Waals surface area (Å²) >= 11 is 0. The van der Waals surface area contributed by atoms with Gasteiger partial charge in [-0.3, -0.25) is 4.79 Å². The molecular weight excluding hydrogens is 494 g/mol. The van der Waals surface area contributed by atoms with Crippen molar-refractivity contribution in [1.29, 1.82) is 0 Å². The number of esters is 1. The van der Waals surface area contributed by atoms with Crippen LogP contribution in [-0.2, 0) is 25.7 Å². The highest BCUT2D eigenvalue weighted by Gasteiger charge is 2.52. The monoisotopic (exact) mass is 541 g/mol. The molecule has 8 nitrogen and oxygen atoms in total. The fourth-order valence-corrected chi connectivity index (χ4v) is 5.85. The second kappa shape index (κ2) is 12.4. The molecule has 1 saturated heterocycles. The summed E-state index contributed by atoms with van der Waals surface area (Å²) in [7, 11) is 0. The number of hydrogen-bond acceptors (Lipinski definition) is 6. The molecule has 1 saturated carbocycles. The van der Waals surface area contributed by atoms with Gasteiger partial charge in [0.15, 0.2) is 0 Å². The van der Waals surface area contributed by atoms with Gasteiger partial charge in [0, 0.05) is 12.2 Å². The second-order valence-corrected chi connectivity index (χ2v) is 13.0. The summed E-state index contributed by atoms with van der Waals surface area (Å²) in [5.74, 6) is -0.00621. The minimum absolute atomic E-state index is 0.139. The normalized spacial score (nSPS) is 22.4. The smallest absolute Gasteiger partial charge is 0.408 e. The highest BCUT2D eigenvalue weighted by atomic mass is 16.5. The third-order valence-corrected chi connectivity index (χ3v) is 7.83. The molecule has 39 heavy (non-hydrogen) atoms. The molecule has 1 heterocycles. The molecule has 1 aliphatic carbocycles. The molecule has 0 aromatic heterocycles. The Balaban J connectivity index is 1.77. The predicted octanol–water partition coefficient (Wildman–Crippen LogP) is 5.04. The highest BCUT2D eigenvalue weighted by Crippen LogP contribution is 2.43. The van der Waals surface area contributed by atoms with E-state index in [0.29, 0.717) is 18.2 Å². The first kappa shape index (κ1) is 30.5. The van der Waals surface area contributed by atoms with Crippen molar-refractivity contribution < 1.29 is 23.9 Å². The van der Waals surface area contributed by atoms with Gasteiger partial charge < -0.3 is 25.0 Å². The molecule has 0 bridgehead atoms. The van der Waals surface area contributed by atoms with Crippen LogP contribution in [0.2, 0.25) is 0 Å². The molecule has 2 fully saturated rings. The molecule has 0 spiro atoms. The van der Waals surface area contributed by atoms with E-state index in [1.807, 2.05) is 71.9 Å². The Kier molecular flexibility index (Phi) is 9.73. The Morgan fingerprint density at radius 3 is 2.21 bits per heavy atom. The number of alkyl carbamates (subject to hydrolysis) is 1. The highest BCUT2D eigenvalue weighted by molar-refractivity contribution is 5.89. The number of fused-ring (bicyclic) bond motifs is 1. The van der Waals surface area contributed by atoms with Gasteiger partial charge in [-0.1, -0.05) is 84.9 Å². The third kappa shape index (κ3) is 7.55. The molecule has 0 radical (unpaired) electrons. The molecule has 2 aliphatic rings. The van der Waals surface area contributed by atoms with Crippen molar-refractivity contribution in [3.8, 4) is 0 Å². The van der Waals surface area contributed by atoms with Crippen LogP contribution in [0.3, 0.4) is 0 Å². The summed E-state index contributed by atoms with van der Waals surface area (Å²) in [6.45, 7) is 19.0. The van der Waals surface area contributed by atoms with E-state index in [0.717, 1.165) is 24.8 Å². The zero-order valence-electron chi connectivity index (χ0n) is 24.7. The van der Waals surface area contributed by atoms with Gasteiger partial charge >= 0.3 is 12.1 Å². The van der Waals surface area contributed by atoms with Crippen molar-refractivity contribution in [3.63, 3.8) is 0 Å². The molecule has 1 aliphatic heterocycles. The summed E-state index contributed by atoms with van der Waals surface area (Å²) in [4.78, 5) is 41.6. The first-order valence-corrected chi connectivity index (χ1v) is 14.1. The van der Waals surface area contributed by atoms with Crippen LogP contribution in [0.1, 0.15) is 73.3 Å². The van der Waals surface area contributed by atoms with Gasteiger partial charge in [0.1, 0.15) is 18.7 Å². The third-order valence-electron chi connectivity index (χ3n) is 7.83. The van der Waals surface area contributed by atoms with Crippen LogP contribution < -0.4 is 10.6 Å². The lowest BCUT2D eigenvalue weighted by atomic mass is 9.82. The molecule has 1 aromatic rings. The summed E-state index contributed by atoms with van der Waals surface area (Å²) < 4.78 is 10.9. The maximum Gasteiger partial charge on any atom is 0.408 e. The molecular formula is C31H47N3O5. The average Bonchev–Trinajstić information content (AvgIpc) is 3.45. The van der Waals surface area contributed by atoms with Crippen molar-refractivity contribution >= 4 is 18.0 Å².